The second-order valence-electron chi connectivity index (χ2n) is 1.35. The van der Waals surface area contributed by atoms with Gasteiger partial charge in [0.15, 0.2) is 5.84 Å². The molecule has 3 nitrogen and oxygen atoms in total. The third kappa shape index (κ3) is 0.872. The lowest BCUT2D eigenvalue weighted by Gasteiger charge is -1.92. The Labute approximate surface area is 46.8 Å². The normalized spacial score (nSPS) is 17.5. The largest absolute Gasteiger partial charge is 0.299 e. The number of allylic oxidation sites excluding steroid dienone is 1. The van der Waals surface area contributed by atoms with Crippen LogP contribution in [-0.2, 0) is 0 Å². The number of hydrogen-bond acceptors (Lipinski definition) is 2. The Morgan fingerprint density at radius 2 is 2.25 bits per heavy atom. The molecule has 1 heterocycles. The van der Waals surface area contributed by atoms with Crippen LogP contribution in [-0.4, -0.2) is 17.8 Å². The van der Waals surface area contributed by atoms with Gasteiger partial charge in [-0.05, 0) is 6.08 Å². The third-order valence-corrected chi connectivity index (χ3v) is 0.697. The third-order valence-electron chi connectivity index (χ3n) is 0.697. The molecule has 3 heteroatoms. The number of dihydropyridines is 1. The van der Waals surface area contributed by atoms with Crippen LogP contribution in [0.2, 0.25) is 0 Å². The first-order valence-electron chi connectivity index (χ1n) is 2.10. The van der Waals surface area contributed by atoms with Crippen molar-refractivity contribution in [1.29, 1.82) is 10.8 Å². The number of nitrogens with zero attached hydrogens (tertiary/aromatic N) is 1. The molecular weight excluding hydrogens is 102 g/mol. The molecule has 1 radical (unpaired) electrons. The van der Waals surface area contributed by atoms with E-state index in [4.69, 9.17) is 10.8 Å². The van der Waals surface area contributed by atoms with Crippen molar-refractivity contribution in [3.05, 3.63) is 12.2 Å². The van der Waals surface area contributed by atoms with Crippen molar-refractivity contribution < 1.29 is 0 Å². The second-order valence-corrected chi connectivity index (χ2v) is 1.35. The molecule has 0 fully saturated rings. The smallest absolute Gasteiger partial charge is 0.152 e. The van der Waals surface area contributed by atoms with E-state index in [2.05, 4.69) is 11.1 Å². The summed E-state index contributed by atoms with van der Waals surface area (Å²) in [5, 5.41) is 13.8. The lowest BCUT2D eigenvalue weighted by atomic mass is 10.3. The summed E-state index contributed by atoms with van der Waals surface area (Å²) in [6.45, 7) is 0. The zero-order valence-electron chi connectivity index (χ0n) is 4.10. The molecule has 0 aliphatic carbocycles. The molecule has 1 rings (SSSR count). The highest BCUT2D eigenvalue weighted by Gasteiger charge is 1.93. The summed E-state index contributed by atoms with van der Waals surface area (Å²) in [6.07, 6.45) is 5.20. The molecule has 0 bridgehead atoms. The summed E-state index contributed by atoms with van der Waals surface area (Å²) in [7, 11) is 0. The molecule has 8 heavy (non-hydrogen) atoms. The van der Waals surface area contributed by atoms with Crippen LogP contribution in [0.1, 0.15) is 0 Å². The fraction of sp³-hybridized carbons (Fsp3) is 0. The van der Waals surface area contributed by atoms with Crippen molar-refractivity contribution >= 4 is 17.8 Å². The number of hydrogen-bond donors (Lipinski definition) is 2. The summed E-state index contributed by atoms with van der Waals surface area (Å²) in [5.74, 6) is 0.0843. The average Bonchev–Trinajstić information content (AvgIpc) is 1.77. The van der Waals surface area contributed by atoms with Crippen LogP contribution in [0.3, 0.4) is 0 Å². The Kier molecular flexibility index (Phi) is 1.04. The van der Waals surface area contributed by atoms with E-state index in [0.29, 0.717) is 5.71 Å². The van der Waals surface area contributed by atoms with Gasteiger partial charge in [0.25, 0.3) is 0 Å². The first-order valence-corrected chi connectivity index (χ1v) is 2.10. The minimum absolute atomic E-state index is 0.0843. The van der Waals surface area contributed by atoms with E-state index in [-0.39, 0.29) is 5.84 Å². The van der Waals surface area contributed by atoms with Crippen LogP contribution in [0.4, 0.5) is 0 Å². The Morgan fingerprint density at radius 1 is 1.50 bits per heavy atom. The summed E-state index contributed by atoms with van der Waals surface area (Å²) < 4.78 is 0. The van der Waals surface area contributed by atoms with Gasteiger partial charge in [0.1, 0.15) is 0 Å². The predicted octanol–water partition coefficient (Wildman–Crippen LogP) is 0.427. The van der Waals surface area contributed by atoms with Crippen molar-refractivity contribution in [2.24, 2.45) is 4.99 Å². The minimum atomic E-state index is 0.0843. The topological polar surface area (TPSA) is 60.1 Å². The van der Waals surface area contributed by atoms with Gasteiger partial charge in [0.2, 0.25) is 0 Å². The van der Waals surface area contributed by atoms with Crippen LogP contribution >= 0.6 is 0 Å². The van der Waals surface area contributed by atoms with Crippen molar-refractivity contribution in [2.75, 3.05) is 0 Å². The van der Waals surface area contributed by atoms with Crippen molar-refractivity contribution in [1.82, 2.24) is 0 Å². The predicted molar refractivity (Wildman–Crippen MR) is 31.8 cm³/mol. The fourth-order valence-electron chi connectivity index (χ4n) is 0.355. The fourth-order valence-corrected chi connectivity index (χ4v) is 0.355. The van der Waals surface area contributed by atoms with Gasteiger partial charge in [-0.2, -0.15) is 0 Å². The highest BCUT2D eigenvalue weighted by molar-refractivity contribution is 6.38. The van der Waals surface area contributed by atoms with E-state index >= 15 is 0 Å². The van der Waals surface area contributed by atoms with E-state index in [1.807, 2.05) is 0 Å². The van der Waals surface area contributed by atoms with Gasteiger partial charge >= 0.3 is 0 Å². The van der Waals surface area contributed by atoms with Crippen molar-refractivity contribution in [3.8, 4) is 0 Å². The summed E-state index contributed by atoms with van der Waals surface area (Å²) in [5.41, 5.74) is 0.293. The molecule has 0 saturated heterocycles. The van der Waals surface area contributed by atoms with Gasteiger partial charge in [-0.1, -0.05) is 0 Å². The van der Waals surface area contributed by atoms with E-state index in [1.54, 1.807) is 0 Å². The monoisotopic (exact) mass is 106 g/mol. The van der Waals surface area contributed by atoms with Crippen LogP contribution < -0.4 is 0 Å². The molecule has 0 saturated carbocycles. The van der Waals surface area contributed by atoms with Crippen molar-refractivity contribution in [3.63, 3.8) is 0 Å². The molecule has 1 aliphatic heterocycles. The summed E-state index contributed by atoms with van der Waals surface area (Å²) >= 11 is 0. The first-order chi connectivity index (χ1) is 3.79. The van der Waals surface area contributed by atoms with E-state index in [0.717, 1.165) is 0 Å². The van der Waals surface area contributed by atoms with E-state index in [1.165, 1.54) is 12.3 Å². The molecule has 0 atom stereocenters. The SMILES string of the molecule is N=C1C=[C]C(=N)N=C1. The molecule has 2 N–H and O–H groups in total. The van der Waals surface area contributed by atoms with Crippen LogP contribution in [0.25, 0.3) is 0 Å². The lowest BCUT2D eigenvalue weighted by molar-refractivity contribution is 1.44. The van der Waals surface area contributed by atoms with Crippen LogP contribution in [0.15, 0.2) is 11.1 Å². The first kappa shape index (κ1) is 4.90. The van der Waals surface area contributed by atoms with Gasteiger partial charge in [0, 0.05) is 6.08 Å². The number of rotatable bonds is 0. The van der Waals surface area contributed by atoms with Crippen LogP contribution in [0, 0.1) is 16.9 Å². The number of nitrogens with one attached hydrogen (secondary N) is 2. The molecule has 0 unspecified atom stereocenters. The molecular formula is C5H4N3. The molecule has 0 aromatic carbocycles. The van der Waals surface area contributed by atoms with Crippen LogP contribution in [0.5, 0.6) is 0 Å². The Balaban J connectivity index is 2.83. The average molecular weight is 106 g/mol. The molecule has 0 aromatic heterocycles. The highest BCUT2D eigenvalue weighted by atomic mass is 14.8. The summed E-state index contributed by atoms with van der Waals surface area (Å²) in [6, 6.07) is 0. The van der Waals surface area contributed by atoms with Gasteiger partial charge in [-0.25, -0.2) is 4.99 Å². The maximum Gasteiger partial charge on any atom is 0.152 e. The Bertz CT molecular complexity index is 150. The molecule has 0 amide bonds. The van der Waals surface area contributed by atoms with Gasteiger partial charge in [-0.3, -0.25) is 10.8 Å². The minimum Gasteiger partial charge on any atom is -0.299 e. The second kappa shape index (κ2) is 1.69. The van der Waals surface area contributed by atoms with Gasteiger partial charge in [0.05, 0.1) is 11.9 Å². The lowest BCUT2D eigenvalue weighted by Crippen LogP contribution is -2.02. The Morgan fingerprint density at radius 3 is 2.62 bits per heavy atom. The zero-order valence-corrected chi connectivity index (χ0v) is 4.10. The van der Waals surface area contributed by atoms with Gasteiger partial charge in [-0.15, -0.1) is 0 Å². The maximum absolute atomic E-state index is 6.91. The quantitative estimate of drug-likeness (QED) is 0.450. The maximum atomic E-state index is 6.91. The molecule has 39 valence electrons. The molecule has 0 spiro atoms. The van der Waals surface area contributed by atoms with E-state index in [9.17, 15) is 0 Å². The zero-order chi connectivity index (χ0) is 5.98. The number of aliphatic imine (C=N–C) groups is 1. The molecule has 0 aromatic rings. The van der Waals surface area contributed by atoms with Crippen molar-refractivity contribution in [2.45, 2.75) is 0 Å². The number of amidine groups is 1. The summed E-state index contributed by atoms with van der Waals surface area (Å²) in [4.78, 5) is 3.50. The standard InChI is InChI=1S/C5H4N3/c6-4-1-2-5(7)8-3-4/h1,3,6-7H. The highest BCUT2D eigenvalue weighted by Crippen LogP contribution is 1.85. The van der Waals surface area contributed by atoms with Gasteiger partial charge < -0.3 is 0 Å². The van der Waals surface area contributed by atoms with E-state index < -0.39 is 0 Å². The Hall–Kier alpha value is -1.25. The molecule has 1 aliphatic rings.